The van der Waals surface area contributed by atoms with Crippen LogP contribution in [-0.4, -0.2) is 6.85 Å². The summed E-state index contributed by atoms with van der Waals surface area (Å²) in [6.45, 7) is 14.5. The second-order valence-electron chi connectivity index (χ2n) is 19.1. The van der Waals surface area contributed by atoms with Crippen molar-refractivity contribution >= 4 is 99.7 Å². The zero-order chi connectivity index (χ0) is 39.0. The van der Waals surface area contributed by atoms with Crippen LogP contribution in [0.15, 0.2) is 132 Å². The molecular weight excluding hydrogens is 723 g/mol. The van der Waals surface area contributed by atoms with E-state index >= 15 is 0 Å². The van der Waals surface area contributed by atoms with Gasteiger partial charge in [0, 0.05) is 64.8 Å². The third-order valence-corrected chi connectivity index (χ3v) is 15.9. The number of benzene rings is 7. The van der Waals surface area contributed by atoms with E-state index in [0.717, 1.165) is 16.6 Å². The van der Waals surface area contributed by atoms with Crippen LogP contribution >= 0.6 is 11.3 Å². The minimum absolute atomic E-state index is 0.0587. The van der Waals surface area contributed by atoms with Crippen molar-refractivity contribution in [2.75, 3.05) is 9.71 Å². The Bertz CT molecular complexity index is 3310. The monoisotopic (exact) mass is 766 g/mol. The van der Waals surface area contributed by atoms with E-state index in [-0.39, 0.29) is 23.1 Å². The molecule has 5 heterocycles. The predicted molar refractivity (Wildman–Crippen MR) is 248 cm³/mol. The molecule has 0 bridgehead atoms. The van der Waals surface area contributed by atoms with E-state index in [2.05, 4.69) is 179 Å². The first-order chi connectivity index (χ1) is 28.0. The minimum Gasteiger partial charge on any atom is -0.456 e. The predicted octanol–water partition coefficient (Wildman–Crippen LogP) is 13.6. The third kappa shape index (κ3) is 4.01. The Balaban J connectivity index is 1.25. The largest absolute Gasteiger partial charge is 0.456 e. The lowest BCUT2D eigenvalue weighted by Gasteiger charge is -2.51. The van der Waals surface area contributed by atoms with Gasteiger partial charge in [-0.15, -0.1) is 11.3 Å². The first kappa shape index (κ1) is 33.2. The number of thiophene rings is 1. The quantitative estimate of drug-likeness (QED) is 0.155. The van der Waals surface area contributed by atoms with Crippen LogP contribution in [-0.2, 0) is 16.2 Å². The fourth-order valence-corrected chi connectivity index (χ4v) is 12.9. The van der Waals surface area contributed by atoms with E-state index in [1.54, 1.807) is 0 Å². The Morgan fingerprint density at radius 3 is 2.19 bits per heavy atom. The molecule has 3 nitrogen and oxygen atoms in total. The zero-order valence-corrected chi connectivity index (χ0v) is 34.6. The van der Waals surface area contributed by atoms with Crippen LogP contribution in [0.1, 0.15) is 76.6 Å². The van der Waals surface area contributed by atoms with Crippen LogP contribution in [0.2, 0.25) is 0 Å². The average Bonchev–Trinajstić information content (AvgIpc) is 3.80. The number of anilines is 5. The fourth-order valence-electron chi connectivity index (χ4n) is 11.6. The summed E-state index contributed by atoms with van der Waals surface area (Å²) in [6, 6.07) is 48.5. The maximum absolute atomic E-state index is 6.75. The van der Waals surface area contributed by atoms with Gasteiger partial charge in [0.2, 0.25) is 0 Å². The van der Waals surface area contributed by atoms with Gasteiger partial charge < -0.3 is 14.1 Å². The van der Waals surface area contributed by atoms with Gasteiger partial charge in [0.1, 0.15) is 11.2 Å². The highest BCUT2D eigenvalue weighted by Gasteiger charge is 2.51. The molecule has 0 unspecified atom stereocenters. The SMILES string of the molecule is CC1(C)CCC(C)(C)c2cc(N3B4c5cccc6c5N(c5ccccc5C6(C)C)c5cc6c(sc7ccccc76)c(c54)-c4ccc5oc6ccccc6c5c43)ccc21. The van der Waals surface area contributed by atoms with Gasteiger partial charge in [-0.3, -0.25) is 0 Å². The summed E-state index contributed by atoms with van der Waals surface area (Å²) >= 11 is 1.94. The van der Waals surface area contributed by atoms with Crippen molar-refractivity contribution in [1.29, 1.82) is 0 Å². The Morgan fingerprint density at radius 1 is 0.586 bits per heavy atom. The van der Waals surface area contributed by atoms with Gasteiger partial charge in [-0.1, -0.05) is 120 Å². The summed E-state index contributed by atoms with van der Waals surface area (Å²) in [4.78, 5) is 5.38. The third-order valence-electron chi connectivity index (χ3n) is 14.7. The maximum atomic E-state index is 6.75. The second kappa shape index (κ2) is 10.8. The number of hydrogen-bond donors (Lipinski definition) is 0. The molecule has 58 heavy (non-hydrogen) atoms. The van der Waals surface area contributed by atoms with Crippen molar-refractivity contribution in [1.82, 2.24) is 0 Å². The molecule has 0 spiro atoms. The molecule has 2 aromatic heterocycles. The van der Waals surface area contributed by atoms with E-state index in [4.69, 9.17) is 4.42 Å². The van der Waals surface area contributed by atoms with Crippen LogP contribution in [0, 0.1) is 0 Å². The van der Waals surface area contributed by atoms with Crippen LogP contribution in [0.5, 0.6) is 0 Å². The number of fused-ring (bicyclic) bond motifs is 15. The minimum atomic E-state index is -0.190. The Morgan fingerprint density at radius 2 is 1.33 bits per heavy atom. The molecule has 0 N–H and O–H groups in total. The van der Waals surface area contributed by atoms with Gasteiger partial charge in [0.15, 0.2) is 0 Å². The summed E-state index contributed by atoms with van der Waals surface area (Å²) in [5.74, 6) is 0. The van der Waals surface area contributed by atoms with Gasteiger partial charge >= 0.3 is 6.85 Å². The maximum Gasteiger partial charge on any atom is 0.333 e. The molecule has 0 radical (unpaired) electrons. The van der Waals surface area contributed by atoms with Gasteiger partial charge in [0.05, 0.1) is 11.1 Å². The van der Waals surface area contributed by atoms with Crippen LogP contribution < -0.4 is 20.6 Å². The molecule has 0 amide bonds. The van der Waals surface area contributed by atoms with Crippen LogP contribution in [0.4, 0.5) is 28.4 Å². The molecular formula is C53H43BN2OS. The summed E-state index contributed by atoms with van der Waals surface area (Å²) in [7, 11) is 0. The molecule has 9 aromatic rings. The zero-order valence-electron chi connectivity index (χ0n) is 33.8. The normalized spacial score (nSPS) is 17.7. The van der Waals surface area contributed by atoms with E-state index in [0.29, 0.717) is 0 Å². The van der Waals surface area contributed by atoms with Crippen molar-refractivity contribution in [3.63, 3.8) is 0 Å². The van der Waals surface area contributed by atoms with Crippen molar-refractivity contribution in [3.05, 3.63) is 150 Å². The Labute approximate surface area is 343 Å². The molecule has 0 fully saturated rings. The highest BCUT2D eigenvalue weighted by Crippen LogP contribution is 2.58. The second-order valence-corrected chi connectivity index (χ2v) is 20.1. The van der Waals surface area contributed by atoms with Crippen molar-refractivity contribution in [3.8, 4) is 11.1 Å². The molecule has 13 rings (SSSR count). The van der Waals surface area contributed by atoms with E-state index in [1.165, 1.54) is 111 Å². The molecule has 5 heteroatoms. The van der Waals surface area contributed by atoms with Crippen molar-refractivity contribution in [2.45, 2.75) is 70.6 Å². The molecule has 280 valence electrons. The number of hydrogen-bond acceptors (Lipinski definition) is 4. The number of nitrogens with zero attached hydrogens (tertiary/aromatic N) is 2. The van der Waals surface area contributed by atoms with Crippen molar-refractivity contribution in [2.24, 2.45) is 0 Å². The molecule has 4 aliphatic rings. The van der Waals surface area contributed by atoms with E-state index < -0.39 is 0 Å². The first-order valence-electron chi connectivity index (χ1n) is 20.9. The summed E-state index contributed by atoms with van der Waals surface area (Å²) < 4.78 is 9.43. The average molecular weight is 767 g/mol. The molecule has 0 atom stereocenters. The lowest BCUT2D eigenvalue weighted by molar-refractivity contribution is 0.332. The topological polar surface area (TPSA) is 19.6 Å². The first-order valence-corrected chi connectivity index (χ1v) is 21.7. The van der Waals surface area contributed by atoms with Gasteiger partial charge in [-0.05, 0) is 105 Å². The smallest absolute Gasteiger partial charge is 0.333 e. The molecule has 7 aromatic carbocycles. The van der Waals surface area contributed by atoms with Gasteiger partial charge in [-0.2, -0.15) is 0 Å². The van der Waals surface area contributed by atoms with Crippen LogP contribution in [0.3, 0.4) is 0 Å². The lowest BCUT2D eigenvalue weighted by Crippen LogP contribution is -2.62. The van der Waals surface area contributed by atoms with E-state index in [9.17, 15) is 0 Å². The van der Waals surface area contributed by atoms with E-state index in [1.807, 2.05) is 11.3 Å². The summed E-state index contributed by atoms with van der Waals surface area (Å²) in [5.41, 5.74) is 19.3. The molecule has 0 saturated heterocycles. The highest BCUT2D eigenvalue weighted by molar-refractivity contribution is 7.26. The molecule has 0 saturated carbocycles. The molecule has 1 aliphatic carbocycles. The highest BCUT2D eigenvalue weighted by atomic mass is 32.1. The number of rotatable bonds is 1. The Kier molecular flexibility index (Phi) is 6.20. The van der Waals surface area contributed by atoms with Crippen LogP contribution in [0.25, 0.3) is 53.2 Å². The van der Waals surface area contributed by atoms with Crippen molar-refractivity contribution < 1.29 is 4.42 Å². The standard InChI is InChI=1S/C53H43BN2OS/c1-51(2)26-27-52(3,4)38-28-30(22-24-35(38)51)56-48-33(23-25-43-45(48)32-15-7-11-20-42(32)57-43)46-47-41(29-34-31-14-8-12-21-44(31)58-50(34)46)55-40-19-10-9-16-36(40)53(5,6)37-17-13-18-39(49(37)55)54(47)56/h7-25,28-29H,26-27H2,1-6H3. The fraction of sp³-hybridized carbons (Fsp3) is 0.208. The Hall–Kier alpha value is -5.78. The lowest BCUT2D eigenvalue weighted by atomic mass is 9.42. The van der Waals surface area contributed by atoms with Gasteiger partial charge in [0.25, 0.3) is 0 Å². The summed E-state index contributed by atoms with van der Waals surface area (Å²) in [5, 5.41) is 4.99. The number of furan rings is 1. The number of para-hydroxylation sites is 3. The van der Waals surface area contributed by atoms with Gasteiger partial charge in [-0.25, -0.2) is 0 Å². The molecule has 3 aliphatic heterocycles. The summed E-state index contributed by atoms with van der Waals surface area (Å²) in [6.07, 6.45) is 2.36.